The maximum Gasteiger partial charge on any atom is 0.349 e. The molecule has 1 atom stereocenters. The van der Waals surface area contributed by atoms with E-state index in [0.29, 0.717) is 9.35 Å². The molecule has 0 aliphatic rings. The first-order valence-electron chi connectivity index (χ1n) is 6.49. The van der Waals surface area contributed by atoms with Crippen molar-refractivity contribution >= 4 is 66.4 Å². The van der Waals surface area contributed by atoms with E-state index >= 15 is 0 Å². The molecule has 7 nitrogen and oxygen atoms in total. The Morgan fingerprint density at radius 1 is 1.33 bits per heavy atom. The smallest absolute Gasteiger partial charge is 0.349 e. The minimum absolute atomic E-state index is 0.0389. The van der Waals surface area contributed by atoms with E-state index in [1.807, 2.05) is 0 Å². The van der Waals surface area contributed by atoms with Crippen LogP contribution < -0.4 is 5.32 Å². The highest BCUT2D eigenvalue weighted by Crippen LogP contribution is 2.33. The molecule has 1 unspecified atom stereocenters. The van der Waals surface area contributed by atoms with Crippen molar-refractivity contribution in [2.24, 2.45) is 0 Å². The summed E-state index contributed by atoms with van der Waals surface area (Å²) < 4.78 is 6.52. The minimum Gasteiger partial charge on any atom is -0.448 e. The number of nitrogens with one attached hydrogen (secondary N) is 1. The van der Waals surface area contributed by atoms with Crippen LogP contribution in [0, 0.1) is 10.1 Å². The van der Waals surface area contributed by atoms with Crippen LogP contribution in [0.4, 0.5) is 11.4 Å². The topological polar surface area (TPSA) is 98.5 Å². The van der Waals surface area contributed by atoms with Gasteiger partial charge in [0, 0.05) is 10.5 Å². The Bertz CT molecular complexity index is 789. The van der Waals surface area contributed by atoms with Crippen LogP contribution in [0.1, 0.15) is 16.6 Å². The SMILES string of the molecule is CC(OC(=O)c1cc(Br)c(Br)s1)C(=O)Nc1ccccc1[N+](=O)[O-]. The van der Waals surface area contributed by atoms with Crippen LogP contribution in [-0.4, -0.2) is 22.9 Å². The third-order valence-electron chi connectivity index (χ3n) is 2.86. The van der Waals surface area contributed by atoms with E-state index in [4.69, 9.17) is 4.74 Å². The lowest BCUT2D eigenvalue weighted by Crippen LogP contribution is -2.30. The number of para-hydroxylation sites is 2. The lowest BCUT2D eigenvalue weighted by molar-refractivity contribution is -0.383. The fraction of sp³-hybridized carbons (Fsp3) is 0.143. The molecule has 10 heteroatoms. The third kappa shape index (κ3) is 4.40. The van der Waals surface area contributed by atoms with Gasteiger partial charge in [-0.15, -0.1) is 11.3 Å². The van der Waals surface area contributed by atoms with Gasteiger partial charge >= 0.3 is 5.97 Å². The molecular weight excluding hydrogens is 468 g/mol. The van der Waals surface area contributed by atoms with Gasteiger partial charge < -0.3 is 10.1 Å². The molecule has 0 aliphatic heterocycles. The van der Waals surface area contributed by atoms with Gasteiger partial charge in [-0.2, -0.15) is 0 Å². The van der Waals surface area contributed by atoms with E-state index in [1.165, 1.54) is 25.1 Å². The maximum absolute atomic E-state index is 12.1. The normalized spacial score (nSPS) is 11.6. The molecule has 1 amide bonds. The summed E-state index contributed by atoms with van der Waals surface area (Å²) in [5.74, 6) is -1.32. The lowest BCUT2D eigenvalue weighted by atomic mass is 10.2. The van der Waals surface area contributed by atoms with Crippen molar-refractivity contribution in [1.82, 2.24) is 0 Å². The Morgan fingerprint density at radius 3 is 2.58 bits per heavy atom. The number of hydrogen-bond acceptors (Lipinski definition) is 6. The Hall–Kier alpha value is -1.78. The first-order valence-corrected chi connectivity index (χ1v) is 8.90. The number of nitro benzene ring substituents is 1. The second-order valence-electron chi connectivity index (χ2n) is 4.54. The third-order valence-corrected chi connectivity index (χ3v) is 6.09. The lowest BCUT2D eigenvalue weighted by Gasteiger charge is -2.13. The predicted molar refractivity (Wildman–Crippen MR) is 96.3 cm³/mol. The first-order chi connectivity index (χ1) is 11.3. The standard InChI is InChI=1S/C14H10Br2N2O5S/c1-7(23-14(20)11-6-8(15)12(16)24-11)13(19)17-9-4-2-3-5-10(9)18(21)22/h2-7H,1H3,(H,17,19). The van der Waals surface area contributed by atoms with Crippen molar-refractivity contribution in [3.8, 4) is 0 Å². The number of nitro groups is 1. The molecule has 0 bridgehead atoms. The first kappa shape index (κ1) is 18.6. The van der Waals surface area contributed by atoms with Gasteiger partial charge in [-0.25, -0.2) is 4.79 Å². The summed E-state index contributed by atoms with van der Waals surface area (Å²) in [6.45, 7) is 1.39. The van der Waals surface area contributed by atoms with Crippen molar-refractivity contribution in [2.45, 2.75) is 13.0 Å². The monoisotopic (exact) mass is 476 g/mol. The molecule has 0 spiro atoms. The van der Waals surface area contributed by atoms with Gasteiger partial charge in [0.15, 0.2) is 6.10 Å². The average molecular weight is 478 g/mol. The Kier molecular flexibility index (Phi) is 6.08. The van der Waals surface area contributed by atoms with Gasteiger partial charge in [-0.05, 0) is 50.9 Å². The number of anilines is 1. The van der Waals surface area contributed by atoms with Crippen LogP contribution in [0.2, 0.25) is 0 Å². The molecule has 0 saturated carbocycles. The molecule has 1 heterocycles. The Labute approximate surface area is 157 Å². The van der Waals surface area contributed by atoms with Crippen LogP contribution in [0.3, 0.4) is 0 Å². The van der Waals surface area contributed by atoms with Crippen LogP contribution in [-0.2, 0) is 9.53 Å². The predicted octanol–water partition coefficient (Wildman–Crippen LogP) is 4.37. The summed E-state index contributed by atoms with van der Waals surface area (Å²) in [5, 5.41) is 13.3. The van der Waals surface area contributed by atoms with Gasteiger partial charge in [0.2, 0.25) is 0 Å². The molecule has 0 saturated heterocycles. The second kappa shape index (κ2) is 7.86. The van der Waals surface area contributed by atoms with Crippen LogP contribution in [0.15, 0.2) is 38.6 Å². The maximum atomic E-state index is 12.1. The number of hydrogen-bond donors (Lipinski definition) is 1. The van der Waals surface area contributed by atoms with Crippen molar-refractivity contribution in [2.75, 3.05) is 5.32 Å². The molecular formula is C14H10Br2N2O5S. The number of carbonyl (C=O) groups excluding carboxylic acids is 2. The van der Waals surface area contributed by atoms with E-state index in [1.54, 1.807) is 12.1 Å². The summed E-state index contributed by atoms with van der Waals surface area (Å²) in [5.41, 5.74) is -0.201. The highest BCUT2D eigenvalue weighted by atomic mass is 79.9. The second-order valence-corrected chi connectivity index (χ2v) is 7.77. The van der Waals surface area contributed by atoms with Gasteiger partial charge in [-0.3, -0.25) is 14.9 Å². The number of thiophene rings is 1. The molecule has 2 rings (SSSR count). The summed E-state index contributed by atoms with van der Waals surface area (Å²) in [7, 11) is 0. The van der Waals surface area contributed by atoms with Crippen LogP contribution in [0.25, 0.3) is 0 Å². The zero-order valence-corrected chi connectivity index (χ0v) is 16.1. The Morgan fingerprint density at radius 2 is 2.00 bits per heavy atom. The van der Waals surface area contributed by atoms with Gasteiger partial charge in [-0.1, -0.05) is 12.1 Å². The number of halogens is 2. The molecule has 1 aromatic carbocycles. The average Bonchev–Trinajstić information content (AvgIpc) is 2.87. The molecule has 24 heavy (non-hydrogen) atoms. The van der Waals surface area contributed by atoms with Crippen molar-refractivity contribution in [3.05, 3.63) is 53.6 Å². The summed E-state index contributed by atoms with van der Waals surface area (Å²) in [4.78, 5) is 34.8. The minimum atomic E-state index is -1.11. The van der Waals surface area contributed by atoms with Crippen LogP contribution >= 0.6 is 43.2 Å². The molecule has 1 N–H and O–H groups in total. The van der Waals surface area contributed by atoms with Crippen molar-refractivity contribution in [1.29, 1.82) is 0 Å². The number of ether oxygens (including phenoxy) is 1. The van der Waals surface area contributed by atoms with Gasteiger partial charge in [0.25, 0.3) is 11.6 Å². The fourth-order valence-electron chi connectivity index (χ4n) is 1.69. The molecule has 0 radical (unpaired) electrons. The summed E-state index contributed by atoms with van der Waals surface area (Å²) in [6.07, 6.45) is -1.11. The molecule has 0 fully saturated rings. The van der Waals surface area contributed by atoms with E-state index in [0.717, 1.165) is 15.1 Å². The van der Waals surface area contributed by atoms with Crippen LogP contribution in [0.5, 0.6) is 0 Å². The van der Waals surface area contributed by atoms with E-state index in [2.05, 4.69) is 37.2 Å². The van der Waals surface area contributed by atoms with Gasteiger partial charge in [0.1, 0.15) is 10.6 Å². The molecule has 126 valence electrons. The summed E-state index contributed by atoms with van der Waals surface area (Å²) in [6, 6.07) is 7.29. The number of carbonyl (C=O) groups is 2. The molecule has 1 aromatic heterocycles. The van der Waals surface area contributed by atoms with E-state index < -0.39 is 22.9 Å². The quantitative estimate of drug-likeness (QED) is 0.391. The summed E-state index contributed by atoms with van der Waals surface area (Å²) >= 11 is 7.68. The van der Waals surface area contributed by atoms with Crippen molar-refractivity contribution < 1.29 is 19.2 Å². The van der Waals surface area contributed by atoms with E-state index in [-0.39, 0.29) is 11.4 Å². The fourth-order valence-corrected chi connectivity index (χ4v) is 3.61. The highest BCUT2D eigenvalue weighted by molar-refractivity contribution is 9.13. The van der Waals surface area contributed by atoms with Gasteiger partial charge in [0.05, 0.1) is 8.71 Å². The molecule has 2 aromatic rings. The number of nitrogens with zero attached hydrogens (tertiary/aromatic N) is 1. The number of rotatable bonds is 5. The highest BCUT2D eigenvalue weighted by Gasteiger charge is 2.23. The number of esters is 1. The molecule has 0 aliphatic carbocycles. The Balaban J connectivity index is 2.05. The van der Waals surface area contributed by atoms with E-state index in [9.17, 15) is 19.7 Å². The zero-order chi connectivity index (χ0) is 17.9. The zero-order valence-electron chi connectivity index (χ0n) is 12.1. The van der Waals surface area contributed by atoms with Crippen molar-refractivity contribution in [3.63, 3.8) is 0 Å². The largest absolute Gasteiger partial charge is 0.448 e. The number of amides is 1. The number of benzene rings is 1.